The number of rotatable bonds is 0. The van der Waals surface area contributed by atoms with E-state index in [4.69, 9.17) is 17.5 Å². The first-order valence-electron chi connectivity index (χ1n) is 0.667. The van der Waals surface area contributed by atoms with Gasteiger partial charge in [0.1, 0.15) is 0 Å². The Hall–Kier alpha value is 1.59. The zero-order chi connectivity index (χ0) is 4.50. The van der Waals surface area contributed by atoms with Crippen LogP contribution in [0, 0.1) is 0 Å². The van der Waals surface area contributed by atoms with Crippen LogP contribution in [-0.2, 0) is 10.4 Å². The molecule has 0 aromatic carbocycles. The van der Waals surface area contributed by atoms with E-state index in [2.05, 4.69) is 0 Å². The van der Waals surface area contributed by atoms with E-state index in [9.17, 15) is 0 Å². The van der Waals surface area contributed by atoms with E-state index < -0.39 is 10.4 Å². The smallest absolute Gasteiger partial charge is 1.00 e. The first-order chi connectivity index (χ1) is 2.00. The Balaban J connectivity index is -0.0000000267. The number of hydrogen-bond donors (Lipinski definition) is 0. The van der Waals surface area contributed by atoms with Crippen molar-refractivity contribution in [1.82, 2.24) is 0 Å². The summed E-state index contributed by atoms with van der Waals surface area (Å²) in [5.74, 6) is 0. The second kappa shape index (κ2) is 8.59. The van der Waals surface area contributed by atoms with Crippen molar-refractivity contribution >= 4 is 65.5 Å². The van der Waals surface area contributed by atoms with Crippen molar-refractivity contribution in [3.05, 3.63) is 0 Å². The van der Waals surface area contributed by atoms with Crippen LogP contribution in [-0.4, -0.2) is 72.6 Å². The molecule has 0 heterocycles. The van der Waals surface area contributed by atoms with Gasteiger partial charge in [0, 0.05) is 10.4 Å². The molecule has 40 valence electrons. The molecule has 0 saturated heterocycles. The molecule has 8 heteroatoms. The maximum absolute atomic E-state index is 8.52. The van der Waals surface area contributed by atoms with Gasteiger partial charge in [0.25, 0.3) is 0 Å². The zero-order valence-electron chi connectivity index (χ0n) is 3.70. The van der Waals surface area contributed by atoms with Crippen LogP contribution in [0.25, 0.3) is 0 Å². The fourth-order valence-corrected chi connectivity index (χ4v) is 0. The van der Waals surface area contributed by atoms with E-state index in [1.807, 2.05) is 0 Å². The van der Waals surface area contributed by atoms with Gasteiger partial charge >= 0.3 is 55.1 Å². The Morgan fingerprint density at radius 3 is 1.12 bits per heavy atom. The maximum Gasteiger partial charge on any atom is 3.00 e. The van der Waals surface area contributed by atoms with Crippen LogP contribution >= 0.6 is 0 Å². The molecule has 0 unspecified atom stereocenters. The quantitative estimate of drug-likeness (QED) is 0.213. The predicted octanol–water partition coefficient (Wildman–Crippen LogP) is -5.10. The van der Waals surface area contributed by atoms with E-state index in [1.165, 1.54) is 0 Å². The predicted molar refractivity (Wildman–Crippen MR) is 22.0 cm³/mol. The third-order valence-corrected chi connectivity index (χ3v) is 0. The minimum Gasteiger partial charge on any atom is -1.00 e. The van der Waals surface area contributed by atoms with E-state index >= 15 is 0 Å². The van der Waals surface area contributed by atoms with Crippen LogP contribution in [0.4, 0.5) is 0 Å². The Morgan fingerprint density at radius 2 is 1.12 bits per heavy atom. The molecule has 0 amide bonds. The Kier molecular flexibility index (Phi) is 24.3. The molecule has 0 bridgehead atoms. The van der Waals surface area contributed by atoms with Crippen LogP contribution in [0.5, 0.6) is 0 Å². The minimum atomic E-state index is -5.17. The van der Waals surface area contributed by atoms with Crippen molar-refractivity contribution in [2.45, 2.75) is 0 Å². The van der Waals surface area contributed by atoms with Crippen LogP contribution < -0.4 is 4.70 Å². The van der Waals surface area contributed by atoms with E-state index in [0.717, 1.165) is 0 Å². The van der Waals surface area contributed by atoms with Gasteiger partial charge in [0.05, 0.1) is 0 Å². The molecule has 0 aliphatic rings. The molecular weight excluding hydrogens is 182 g/mol. The standard InChI is InChI=1S/Al.Ca.FH.H2O4S/c;;;1-5(2,3)4/h;;1H;(H2,1,2,3,4)/q+3;+2;;/p-3. The first kappa shape index (κ1) is 22.6. The van der Waals surface area contributed by atoms with Crippen LogP contribution in [0.15, 0.2) is 0 Å². The summed E-state index contributed by atoms with van der Waals surface area (Å²) in [6.45, 7) is 0. The second-order valence-electron chi connectivity index (χ2n) is 0.408. The zero-order valence-corrected chi connectivity index (χ0v) is 7.88. The SMILES string of the molecule is O=S(=O)([O-])[O-].[Al+3].[Ca+2].[F-]. The van der Waals surface area contributed by atoms with Gasteiger partial charge in [-0.1, -0.05) is 0 Å². The molecule has 0 aromatic rings. The van der Waals surface area contributed by atoms with E-state index in [-0.39, 0.29) is 59.8 Å². The molecule has 0 saturated carbocycles. The normalized spacial score (nSPS) is 7.25. The van der Waals surface area contributed by atoms with Crippen LogP contribution in [0.1, 0.15) is 0 Å². The van der Waals surface area contributed by atoms with Gasteiger partial charge < -0.3 is 13.8 Å². The molecule has 0 N–H and O–H groups in total. The first-order valence-corrected chi connectivity index (χ1v) is 2.00. The fourth-order valence-electron chi connectivity index (χ4n) is 0. The minimum absolute atomic E-state index is 0. The van der Waals surface area contributed by atoms with Crippen molar-refractivity contribution < 1.29 is 22.2 Å². The average molecular weight is 182 g/mol. The summed E-state index contributed by atoms with van der Waals surface area (Å²) in [5, 5.41) is 0. The molecule has 0 aliphatic heterocycles. The van der Waals surface area contributed by atoms with Gasteiger partial charge in [0.2, 0.25) is 0 Å². The molecule has 0 atom stereocenters. The second-order valence-corrected chi connectivity index (χ2v) is 1.22. The third kappa shape index (κ3) is 130. The summed E-state index contributed by atoms with van der Waals surface area (Å²) in [6, 6.07) is 0. The topological polar surface area (TPSA) is 80.3 Å². The van der Waals surface area contributed by atoms with Gasteiger partial charge in [-0.2, -0.15) is 0 Å². The Labute approximate surface area is 86.7 Å². The van der Waals surface area contributed by atoms with Gasteiger partial charge in [-0.05, 0) is 0 Å². The summed E-state index contributed by atoms with van der Waals surface area (Å²) >= 11 is 0. The Morgan fingerprint density at radius 1 is 1.12 bits per heavy atom. The molecule has 0 rings (SSSR count). The molecule has 0 aromatic heterocycles. The maximum atomic E-state index is 8.52. The fraction of sp³-hybridized carbons (Fsp3) is 0. The summed E-state index contributed by atoms with van der Waals surface area (Å²) in [4.78, 5) is 0. The summed E-state index contributed by atoms with van der Waals surface area (Å²) in [5.41, 5.74) is 0. The largest absolute Gasteiger partial charge is 3.00 e. The van der Waals surface area contributed by atoms with Gasteiger partial charge in [-0.3, -0.25) is 8.42 Å². The third-order valence-electron chi connectivity index (χ3n) is 0. The molecular formula is AlCaFO4S+2. The molecule has 0 spiro atoms. The molecule has 8 heavy (non-hydrogen) atoms. The summed E-state index contributed by atoms with van der Waals surface area (Å²) in [6.07, 6.45) is 0. The van der Waals surface area contributed by atoms with Gasteiger partial charge in [0.15, 0.2) is 0 Å². The van der Waals surface area contributed by atoms with Gasteiger partial charge in [-0.15, -0.1) is 0 Å². The summed E-state index contributed by atoms with van der Waals surface area (Å²) in [7, 11) is -5.17. The van der Waals surface area contributed by atoms with Crippen LogP contribution in [0.3, 0.4) is 0 Å². The van der Waals surface area contributed by atoms with Crippen molar-refractivity contribution in [2.75, 3.05) is 0 Å². The molecule has 4 nitrogen and oxygen atoms in total. The average Bonchev–Trinajstić information content (AvgIpc) is 0.722. The molecule has 0 radical (unpaired) electrons. The van der Waals surface area contributed by atoms with Crippen molar-refractivity contribution in [2.24, 2.45) is 0 Å². The van der Waals surface area contributed by atoms with Crippen molar-refractivity contribution in [3.63, 3.8) is 0 Å². The Bertz CT molecular complexity index is 99.2. The number of hydrogen-bond acceptors (Lipinski definition) is 4. The van der Waals surface area contributed by atoms with Crippen molar-refractivity contribution in [3.8, 4) is 0 Å². The van der Waals surface area contributed by atoms with Gasteiger partial charge in [-0.25, -0.2) is 0 Å². The van der Waals surface area contributed by atoms with Crippen molar-refractivity contribution in [1.29, 1.82) is 0 Å². The number of halogens is 1. The monoisotopic (exact) mass is 182 g/mol. The summed E-state index contributed by atoms with van der Waals surface area (Å²) < 4.78 is 34.1. The van der Waals surface area contributed by atoms with E-state index in [0.29, 0.717) is 0 Å². The molecule has 0 aliphatic carbocycles. The molecule has 0 fully saturated rings. The van der Waals surface area contributed by atoms with Crippen LogP contribution in [0.2, 0.25) is 0 Å². The van der Waals surface area contributed by atoms with E-state index in [1.54, 1.807) is 0 Å².